The lowest BCUT2D eigenvalue weighted by atomic mass is 9.98. The highest BCUT2D eigenvalue weighted by Gasteiger charge is 2.29. The first-order valence-electron chi connectivity index (χ1n) is 11.5. The van der Waals surface area contributed by atoms with Crippen molar-refractivity contribution >= 4 is 18.0 Å². The lowest BCUT2D eigenvalue weighted by Crippen LogP contribution is -2.39. The molecule has 0 bridgehead atoms. The zero-order chi connectivity index (χ0) is 24.5. The third kappa shape index (κ3) is 6.57. The number of benzene rings is 2. The van der Waals surface area contributed by atoms with Crippen molar-refractivity contribution in [3.63, 3.8) is 0 Å². The summed E-state index contributed by atoms with van der Waals surface area (Å²) in [5.41, 5.74) is 4.62. The van der Waals surface area contributed by atoms with Crippen LogP contribution in [0.4, 0.5) is 4.79 Å². The van der Waals surface area contributed by atoms with E-state index in [0.717, 1.165) is 11.1 Å². The van der Waals surface area contributed by atoms with Gasteiger partial charge in [0.25, 0.3) is 0 Å². The second kappa shape index (κ2) is 12.2. The molecule has 2 aromatic rings. The van der Waals surface area contributed by atoms with Crippen molar-refractivity contribution in [3.05, 3.63) is 59.7 Å². The molecule has 3 N–H and O–H groups in total. The SMILES string of the molecule is COC(CCNC(=O)OCC1c2ccccc2-c2ccccc21)C(=O)NCCC(C)CC(=O)O. The van der Waals surface area contributed by atoms with Crippen molar-refractivity contribution in [2.75, 3.05) is 26.8 Å². The van der Waals surface area contributed by atoms with Crippen LogP contribution in [-0.4, -0.2) is 56.0 Å². The number of nitrogens with one attached hydrogen (secondary N) is 2. The van der Waals surface area contributed by atoms with Gasteiger partial charge >= 0.3 is 12.1 Å². The molecule has 1 aliphatic carbocycles. The van der Waals surface area contributed by atoms with Crippen LogP contribution >= 0.6 is 0 Å². The Kier molecular flexibility index (Phi) is 9.04. The van der Waals surface area contributed by atoms with E-state index in [0.29, 0.717) is 13.0 Å². The summed E-state index contributed by atoms with van der Waals surface area (Å²) in [6.07, 6.45) is -0.347. The highest BCUT2D eigenvalue weighted by atomic mass is 16.5. The average Bonchev–Trinajstić information content (AvgIpc) is 3.13. The van der Waals surface area contributed by atoms with Gasteiger partial charge in [0.1, 0.15) is 12.7 Å². The molecule has 0 heterocycles. The monoisotopic (exact) mass is 468 g/mol. The highest BCUT2D eigenvalue weighted by molar-refractivity contribution is 5.81. The molecule has 0 saturated carbocycles. The van der Waals surface area contributed by atoms with Gasteiger partial charge in [-0.2, -0.15) is 0 Å². The summed E-state index contributed by atoms with van der Waals surface area (Å²) in [6, 6.07) is 16.3. The minimum atomic E-state index is -0.854. The van der Waals surface area contributed by atoms with E-state index in [2.05, 4.69) is 34.9 Å². The number of methoxy groups -OCH3 is 1. The number of amides is 2. The van der Waals surface area contributed by atoms with E-state index >= 15 is 0 Å². The molecule has 34 heavy (non-hydrogen) atoms. The number of hydrogen-bond donors (Lipinski definition) is 3. The van der Waals surface area contributed by atoms with E-state index in [1.165, 1.54) is 18.2 Å². The number of carbonyl (C=O) groups excluding carboxylic acids is 2. The first kappa shape index (κ1) is 25.2. The first-order valence-corrected chi connectivity index (χ1v) is 11.5. The smallest absolute Gasteiger partial charge is 0.407 e. The van der Waals surface area contributed by atoms with Gasteiger partial charge in [-0.25, -0.2) is 4.79 Å². The van der Waals surface area contributed by atoms with E-state index in [1.54, 1.807) is 0 Å². The predicted octanol–water partition coefficient (Wildman–Crippen LogP) is 3.55. The van der Waals surface area contributed by atoms with Crippen LogP contribution in [-0.2, 0) is 19.1 Å². The molecule has 0 spiro atoms. The number of alkyl carbamates (subject to hydrolysis) is 1. The summed E-state index contributed by atoms with van der Waals surface area (Å²) < 4.78 is 10.7. The van der Waals surface area contributed by atoms with Gasteiger partial charge in [0, 0.05) is 39.0 Å². The molecular weight excluding hydrogens is 436 g/mol. The standard InChI is InChI=1S/C26H32N2O6/c1-17(15-24(29)30)11-13-27-25(31)23(33-2)12-14-28-26(32)34-16-22-20-9-5-3-7-18(20)19-8-4-6-10-21(19)22/h3-10,17,22-23H,11-16H2,1-2H3,(H,27,31)(H,28,32)(H,29,30). The van der Waals surface area contributed by atoms with E-state index in [1.807, 2.05) is 31.2 Å². The Balaban J connectivity index is 1.41. The molecule has 0 aromatic heterocycles. The quantitative estimate of drug-likeness (QED) is 0.439. The molecule has 0 radical (unpaired) electrons. The number of carboxylic acids is 1. The molecule has 0 saturated heterocycles. The molecule has 8 heteroatoms. The number of hydrogen-bond acceptors (Lipinski definition) is 5. The summed E-state index contributed by atoms with van der Waals surface area (Å²) >= 11 is 0. The lowest BCUT2D eigenvalue weighted by molar-refractivity contribution is -0.138. The van der Waals surface area contributed by atoms with Crippen molar-refractivity contribution in [2.24, 2.45) is 5.92 Å². The number of fused-ring (bicyclic) bond motifs is 3. The molecule has 8 nitrogen and oxygen atoms in total. The Morgan fingerprint density at radius 1 is 0.941 bits per heavy atom. The van der Waals surface area contributed by atoms with E-state index in [9.17, 15) is 14.4 Å². The molecule has 2 unspecified atom stereocenters. The van der Waals surface area contributed by atoms with Crippen LogP contribution in [0.2, 0.25) is 0 Å². The zero-order valence-electron chi connectivity index (χ0n) is 19.6. The summed E-state index contributed by atoms with van der Waals surface area (Å²) in [5.74, 6) is -1.19. The van der Waals surface area contributed by atoms with Crippen LogP contribution < -0.4 is 10.6 Å². The minimum absolute atomic E-state index is 0.0147. The first-order chi connectivity index (χ1) is 16.4. The van der Waals surface area contributed by atoms with Gasteiger partial charge in [-0.15, -0.1) is 0 Å². The third-order valence-corrected chi connectivity index (χ3v) is 6.06. The second-order valence-electron chi connectivity index (χ2n) is 8.55. The van der Waals surface area contributed by atoms with Gasteiger partial charge in [0.05, 0.1) is 0 Å². The normalized spacial score (nSPS) is 13.9. The maximum Gasteiger partial charge on any atom is 0.407 e. The largest absolute Gasteiger partial charge is 0.481 e. The van der Waals surface area contributed by atoms with Crippen LogP contribution in [0.15, 0.2) is 48.5 Å². The van der Waals surface area contributed by atoms with Crippen molar-refractivity contribution in [1.82, 2.24) is 10.6 Å². The van der Waals surface area contributed by atoms with Crippen LogP contribution in [0.5, 0.6) is 0 Å². The number of ether oxygens (including phenoxy) is 2. The Labute approximate surface area is 199 Å². The lowest BCUT2D eigenvalue weighted by Gasteiger charge is -2.17. The Morgan fingerprint density at radius 2 is 1.53 bits per heavy atom. The molecule has 2 amide bonds. The molecular formula is C26H32N2O6. The molecule has 1 aliphatic rings. The number of carboxylic acid groups (broad SMARTS) is 1. The molecule has 2 atom stereocenters. The zero-order valence-corrected chi connectivity index (χ0v) is 19.6. The van der Waals surface area contributed by atoms with Crippen LogP contribution in [0.1, 0.15) is 43.2 Å². The van der Waals surface area contributed by atoms with Crippen LogP contribution in [0.3, 0.4) is 0 Å². The van der Waals surface area contributed by atoms with Crippen LogP contribution in [0.25, 0.3) is 11.1 Å². The maximum absolute atomic E-state index is 12.3. The second-order valence-corrected chi connectivity index (χ2v) is 8.55. The van der Waals surface area contributed by atoms with E-state index in [4.69, 9.17) is 14.6 Å². The summed E-state index contributed by atoms with van der Waals surface area (Å²) in [4.78, 5) is 35.3. The van der Waals surface area contributed by atoms with Crippen molar-refractivity contribution in [3.8, 4) is 11.1 Å². The summed E-state index contributed by atoms with van der Waals surface area (Å²) in [5, 5.41) is 14.2. The van der Waals surface area contributed by atoms with Gasteiger partial charge in [-0.3, -0.25) is 9.59 Å². The fourth-order valence-electron chi connectivity index (χ4n) is 4.27. The molecule has 0 fully saturated rings. The fraction of sp³-hybridized carbons (Fsp3) is 0.423. The molecule has 182 valence electrons. The third-order valence-electron chi connectivity index (χ3n) is 6.06. The van der Waals surface area contributed by atoms with Gasteiger partial charge in [0.15, 0.2) is 0 Å². The summed E-state index contributed by atoms with van der Waals surface area (Å²) in [7, 11) is 1.44. The van der Waals surface area contributed by atoms with Crippen LogP contribution in [0, 0.1) is 5.92 Å². The van der Waals surface area contributed by atoms with Gasteiger partial charge in [-0.05, 0) is 34.6 Å². The van der Waals surface area contributed by atoms with Gasteiger partial charge < -0.3 is 25.2 Å². The molecule has 2 aromatic carbocycles. The van der Waals surface area contributed by atoms with Gasteiger partial charge in [0.2, 0.25) is 5.91 Å². The van der Waals surface area contributed by atoms with E-state index < -0.39 is 18.2 Å². The Bertz CT molecular complexity index is 963. The fourth-order valence-corrected chi connectivity index (χ4v) is 4.27. The van der Waals surface area contributed by atoms with Crippen molar-refractivity contribution in [1.29, 1.82) is 0 Å². The molecule has 0 aliphatic heterocycles. The predicted molar refractivity (Wildman–Crippen MR) is 128 cm³/mol. The van der Waals surface area contributed by atoms with Crippen molar-refractivity contribution in [2.45, 2.75) is 38.2 Å². The maximum atomic E-state index is 12.3. The van der Waals surface area contributed by atoms with E-state index in [-0.39, 0.29) is 43.7 Å². The summed E-state index contributed by atoms with van der Waals surface area (Å²) in [6.45, 7) is 2.64. The van der Waals surface area contributed by atoms with Crippen molar-refractivity contribution < 1.29 is 29.0 Å². The minimum Gasteiger partial charge on any atom is -0.481 e. The average molecular weight is 469 g/mol. The Morgan fingerprint density at radius 3 is 2.12 bits per heavy atom. The number of aliphatic carboxylic acids is 1. The number of carbonyl (C=O) groups is 3. The van der Waals surface area contributed by atoms with Gasteiger partial charge in [-0.1, -0.05) is 55.5 Å². The number of rotatable bonds is 12. The molecule has 3 rings (SSSR count). The highest BCUT2D eigenvalue weighted by Crippen LogP contribution is 2.44. The Hall–Kier alpha value is -3.39. The topological polar surface area (TPSA) is 114 Å².